The van der Waals surface area contributed by atoms with Crippen LogP contribution in [-0.2, 0) is 0 Å². The molecule has 0 saturated heterocycles. The largest absolute Gasteiger partial charge is 0.303 e. The third-order valence-corrected chi connectivity index (χ3v) is 1.66. The van der Waals surface area contributed by atoms with Crippen LogP contribution >= 0.6 is 0 Å². The lowest BCUT2D eigenvalue weighted by molar-refractivity contribution is 0.506. The first-order chi connectivity index (χ1) is 4.85. The van der Waals surface area contributed by atoms with Crippen LogP contribution in [0.5, 0.6) is 0 Å². The molecular weight excluding hydrogens is 142 g/mol. The van der Waals surface area contributed by atoms with Gasteiger partial charge in [0.2, 0.25) is 0 Å². The summed E-state index contributed by atoms with van der Waals surface area (Å²) in [6, 6.07) is 1.15. The Labute approximate surface area is 65.7 Å². The Morgan fingerprint density at radius 1 is 1.50 bits per heavy atom. The van der Waals surface area contributed by atoms with E-state index in [9.17, 15) is 0 Å². The summed E-state index contributed by atoms with van der Waals surface area (Å²) in [5.74, 6) is 0. The van der Waals surface area contributed by atoms with E-state index < -0.39 is 0 Å². The molecule has 4 heteroatoms. The van der Waals surface area contributed by atoms with Crippen LogP contribution < -0.4 is 10.6 Å². The Bertz CT molecular complexity index is 91.0. The molecule has 0 unspecified atom stereocenters. The lowest BCUT2D eigenvalue weighted by Crippen LogP contribution is -2.40. The molecule has 0 radical (unpaired) electrons. The third kappa shape index (κ3) is 4.66. The average molecular weight is 159 g/mol. The fourth-order valence-electron chi connectivity index (χ4n) is 0.636. The fourth-order valence-corrected chi connectivity index (χ4v) is 0.894. The Kier molecular flexibility index (Phi) is 6.79. The third-order valence-electron chi connectivity index (χ3n) is 1.30. The summed E-state index contributed by atoms with van der Waals surface area (Å²) in [6.07, 6.45) is 2.32. The maximum absolute atomic E-state index is 4.22. The van der Waals surface area contributed by atoms with Crippen molar-refractivity contribution in [3.05, 3.63) is 0 Å². The quantitative estimate of drug-likeness (QED) is 0.294. The standard InChI is InChI=1S/C6H17N3Si/c1-7-6(8-2)5-9-3-4-10/h3,6-8H,4-5H2,1-2,10H3. The van der Waals surface area contributed by atoms with Gasteiger partial charge >= 0.3 is 0 Å². The zero-order chi connectivity index (χ0) is 7.82. The SMILES string of the molecule is CNC(CN=CC[SiH3])NC. The maximum Gasteiger partial charge on any atom is 0.0768 e. The molecule has 0 bridgehead atoms. The Hall–Kier alpha value is -0.193. The molecule has 0 fully saturated rings. The number of nitrogens with zero attached hydrogens (tertiary/aromatic N) is 1. The molecule has 0 saturated carbocycles. The van der Waals surface area contributed by atoms with Gasteiger partial charge in [0.15, 0.2) is 0 Å². The van der Waals surface area contributed by atoms with Gasteiger partial charge in [-0.3, -0.25) is 4.99 Å². The average Bonchev–Trinajstić information content (AvgIpc) is 1.99. The molecule has 0 spiro atoms. The minimum Gasteiger partial charge on any atom is -0.303 e. The maximum atomic E-state index is 4.22. The van der Waals surface area contributed by atoms with Gasteiger partial charge in [0.25, 0.3) is 0 Å². The highest BCUT2D eigenvalue weighted by Gasteiger charge is 1.96. The number of hydrogen-bond donors (Lipinski definition) is 2. The summed E-state index contributed by atoms with van der Waals surface area (Å²) in [7, 11) is 5.07. The van der Waals surface area contributed by atoms with Crippen LogP contribution in [0, 0.1) is 0 Å². The molecule has 0 aromatic carbocycles. The topological polar surface area (TPSA) is 36.4 Å². The van der Waals surface area contributed by atoms with Gasteiger partial charge in [-0.25, -0.2) is 0 Å². The summed E-state index contributed by atoms with van der Waals surface area (Å²) >= 11 is 0. The molecular formula is C6H17N3Si. The molecule has 60 valence electrons. The van der Waals surface area contributed by atoms with E-state index in [0.717, 1.165) is 12.6 Å². The molecule has 2 N–H and O–H groups in total. The van der Waals surface area contributed by atoms with Crippen molar-refractivity contribution in [1.29, 1.82) is 0 Å². The molecule has 0 aromatic rings. The normalized spacial score (nSPS) is 11.9. The minimum absolute atomic E-state index is 0.324. The molecule has 0 aliphatic heterocycles. The number of rotatable bonds is 5. The van der Waals surface area contributed by atoms with Crippen molar-refractivity contribution in [1.82, 2.24) is 10.6 Å². The lowest BCUT2D eigenvalue weighted by atomic mass is 10.5. The van der Waals surface area contributed by atoms with Crippen LogP contribution in [0.15, 0.2) is 4.99 Å². The minimum atomic E-state index is 0.324. The van der Waals surface area contributed by atoms with Gasteiger partial charge in [0.05, 0.1) is 12.7 Å². The number of aliphatic imine (C=N–C) groups is 1. The molecule has 0 heterocycles. The number of likely N-dealkylation sites (N-methyl/N-ethyl adjacent to an activating group) is 2. The van der Waals surface area contributed by atoms with Gasteiger partial charge in [-0.1, -0.05) is 0 Å². The predicted octanol–water partition coefficient (Wildman–Crippen LogP) is -1.39. The zero-order valence-electron chi connectivity index (χ0n) is 7.02. The summed E-state index contributed by atoms with van der Waals surface area (Å²) in [4.78, 5) is 4.22. The lowest BCUT2D eigenvalue weighted by Gasteiger charge is -2.10. The van der Waals surface area contributed by atoms with E-state index in [1.165, 1.54) is 10.2 Å². The molecule has 0 aromatic heterocycles. The smallest absolute Gasteiger partial charge is 0.0768 e. The first-order valence-electron chi connectivity index (χ1n) is 3.68. The van der Waals surface area contributed by atoms with Crippen molar-refractivity contribution in [2.45, 2.75) is 12.2 Å². The van der Waals surface area contributed by atoms with E-state index in [2.05, 4.69) is 15.6 Å². The fraction of sp³-hybridized carbons (Fsp3) is 0.833. The van der Waals surface area contributed by atoms with Gasteiger partial charge < -0.3 is 10.6 Å². The molecule has 3 nitrogen and oxygen atoms in total. The van der Waals surface area contributed by atoms with Crippen LogP contribution in [0.2, 0.25) is 6.04 Å². The highest BCUT2D eigenvalue weighted by molar-refractivity contribution is 6.16. The second-order valence-corrected chi connectivity index (χ2v) is 2.90. The van der Waals surface area contributed by atoms with Gasteiger partial charge in [0.1, 0.15) is 0 Å². The van der Waals surface area contributed by atoms with Crippen molar-refractivity contribution < 1.29 is 0 Å². The van der Waals surface area contributed by atoms with Crippen LogP contribution in [0.1, 0.15) is 0 Å². The van der Waals surface area contributed by atoms with Gasteiger partial charge in [-0.15, -0.1) is 0 Å². The molecule has 0 atom stereocenters. The number of nitrogens with one attached hydrogen (secondary N) is 2. The second-order valence-electron chi connectivity index (χ2n) is 2.09. The van der Waals surface area contributed by atoms with Crippen LogP contribution in [-0.4, -0.2) is 43.3 Å². The Morgan fingerprint density at radius 2 is 2.10 bits per heavy atom. The molecule has 0 aliphatic carbocycles. The van der Waals surface area contributed by atoms with Crippen molar-refractivity contribution in [3.8, 4) is 0 Å². The first-order valence-corrected chi connectivity index (χ1v) is 5.09. The van der Waals surface area contributed by atoms with Crippen LogP contribution in [0.25, 0.3) is 0 Å². The summed E-state index contributed by atoms with van der Waals surface area (Å²) < 4.78 is 0. The highest BCUT2D eigenvalue weighted by Crippen LogP contribution is 1.76. The Morgan fingerprint density at radius 3 is 2.50 bits per heavy atom. The van der Waals surface area contributed by atoms with E-state index in [1.807, 2.05) is 20.3 Å². The van der Waals surface area contributed by atoms with Crippen molar-refractivity contribution >= 4 is 16.5 Å². The van der Waals surface area contributed by atoms with Gasteiger partial charge in [0, 0.05) is 10.2 Å². The van der Waals surface area contributed by atoms with Crippen LogP contribution in [0.3, 0.4) is 0 Å². The molecule has 0 aliphatic rings. The van der Waals surface area contributed by atoms with E-state index in [1.54, 1.807) is 0 Å². The van der Waals surface area contributed by atoms with Crippen molar-refractivity contribution in [2.75, 3.05) is 20.6 Å². The monoisotopic (exact) mass is 159 g/mol. The summed E-state index contributed by atoms with van der Waals surface area (Å²) in [5.41, 5.74) is 0. The summed E-state index contributed by atoms with van der Waals surface area (Å²) in [5, 5.41) is 6.19. The van der Waals surface area contributed by atoms with E-state index in [-0.39, 0.29) is 0 Å². The molecule has 0 amide bonds. The molecule has 0 rings (SSSR count). The van der Waals surface area contributed by atoms with Crippen molar-refractivity contribution in [3.63, 3.8) is 0 Å². The number of hydrogen-bond acceptors (Lipinski definition) is 3. The zero-order valence-corrected chi connectivity index (χ0v) is 9.02. The van der Waals surface area contributed by atoms with Crippen LogP contribution in [0.4, 0.5) is 0 Å². The van der Waals surface area contributed by atoms with E-state index >= 15 is 0 Å². The Balaban J connectivity index is 3.34. The molecule has 10 heavy (non-hydrogen) atoms. The highest BCUT2D eigenvalue weighted by atomic mass is 28.1. The van der Waals surface area contributed by atoms with Gasteiger partial charge in [-0.05, 0) is 26.4 Å². The van der Waals surface area contributed by atoms with Gasteiger partial charge in [-0.2, -0.15) is 0 Å². The van der Waals surface area contributed by atoms with E-state index in [4.69, 9.17) is 0 Å². The van der Waals surface area contributed by atoms with Crippen molar-refractivity contribution in [2.24, 2.45) is 4.99 Å². The summed E-state index contributed by atoms with van der Waals surface area (Å²) in [6.45, 7) is 0.829. The second kappa shape index (κ2) is 6.92. The predicted molar refractivity (Wildman–Crippen MR) is 50.0 cm³/mol. The van der Waals surface area contributed by atoms with E-state index in [0.29, 0.717) is 6.17 Å². The first kappa shape index (κ1) is 9.81.